The van der Waals surface area contributed by atoms with Gasteiger partial charge in [0.2, 0.25) is 53.2 Å². The number of rotatable bonds is 28. The number of Topliss-reactive ketones (excluding diaryl/α,β-unsaturated/α-hetero) is 1. The van der Waals surface area contributed by atoms with Crippen molar-refractivity contribution in [1.82, 2.24) is 47.9 Å². The zero-order chi connectivity index (χ0) is 51.7. The van der Waals surface area contributed by atoms with Gasteiger partial charge in [-0.05, 0) is 55.4 Å². The smallest absolute Gasteiger partial charge is 0.345 e. The molecule has 0 rings (SSSR count). The summed E-state index contributed by atoms with van der Waals surface area (Å²) < 4.78 is 46.9. The molecule has 0 unspecified atom stereocenters. The molecule has 66 heavy (non-hydrogen) atoms. The molecule has 0 saturated heterocycles. The first-order valence-corrected chi connectivity index (χ1v) is 23.6. The summed E-state index contributed by atoms with van der Waals surface area (Å²) in [5.74, 6) is -10.6. The summed E-state index contributed by atoms with van der Waals surface area (Å²) in [5, 5.41) is 19.1. The van der Waals surface area contributed by atoms with Gasteiger partial charge in [0.15, 0.2) is 5.78 Å². The first kappa shape index (κ1) is 61.2. The van der Waals surface area contributed by atoms with Crippen molar-refractivity contribution < 1.29 is 105 Å². The van der Waals surface area contributed by atoms with Gasteiger partial charge in [0, 0.05) is 0 Å². The summed E-state index contributed by atoms with van der Waals surface area (Å²) in [6.07, 6.45) is 0. The van der Waals surface area contributed by atoms with Crippen molar-refractivity contribution >= 4 is 82.4 Å². The fourth-order valence-electron chi connectivity index (χ4n) is 4.35. The normalized spacial score (nSPS) is 16.3. The van der Waals surface area contributed by atoms with Crippen molar-refractivity contribution in [2.75, 3.05) is 19.8 Å². The number of carbonyl (C=O) groups is 10. The Bertz CT molecular complexity index is 1940. The van der Waals surface area contributed by atoms with Crippen molar-refractivity contribution in [3.8, 4) is 0 Å². The van der Waals surface area contributed by atoms with Crippen LogP contribution < -0.4 is 53.6 Å². The van der Waals surface area contributed by atoms with Crippen molar-refractivity contribution in [2.45, 2.75) is 116 Å². The van der Waals surface area contributed by atoms with E-state index in [4.69, 9.17) is 25.3 Å². The first-order valence-electron chi connectivity index (χ1n) is 19.0. The Morgan fingerprint density at radius 3 is 0.788 bits per heavy atom. The van der Waals surface area contributed by atoms with Gasteiger partial charge in [0.25, 0.3) is 0 Å². The van der Waals surface area contributed by atoms with E-state index in [-0.39, 0.29) is 0 Å². The predicted molar refractivity (Wildman–Crippen MR) is 220 cm³/mol. The van der Waals surface area contributed by atoms with Gasteiger partial charge in [0.05, 0.1) is 31.9 Å². The maximum atomic E-state index is 13.2. The van der Waals surface area contributed by atoms with Crippen LogP contribution in [0.1, 0.15) is 55.4 Å². The van der Waals surface area contributed by atoms with E-state index in [2.05, 4.69) is 56.1 Å². The number of hydrogen-bond donors (Lipinski definition) is 16. The Morgan fingerprint density at radius 1 is 0.379 bits per heavy atom. The SMILES string of the molecule is CC(=O)[C@H](C)NC(=O)[C@H](COP(=O)(O)O)NC(=O)[C@H](C)NC(=O)[C@H](C)NC(=O)[C@H](COP(=O)(O)O)NC(=O)[C@H](C)NC(=O)[C@H](C)NC(=O)[C@H](COP(=O)(O)O)NC(=O)[C@H](C)NC(=O)[C@H](C)N. The average Bonchev–Trinajstić information content (AvgIpc) is 3.17. The van der Waals surface area contributed by atoms with Crippen molar-refractivity contribution in [2.24, 2.45) is 5.73 Å². The van der Waals surface area contributed by atoms with E-state index in [9.17, 15) is 71.4 Å². The molecular weight excluding hydrogens is 957 g/mol. The molecular formula is C31H57N10O22P3. The van der Waals surface area contributed by atoms with E-state index in [0.717, 1.165) is 34.6 Å². The van der Waals surface area contributed by atoms with Crippen LogP contribution in [-0.2, 0) is 75.2 Å². The molecule has 0 bridgehead atoms. The number of nitrogens with two attached hydrogens (primary N) is 1. The van der Waals surface area contributed by atoms with Gasteiger partial charge in [-0.2, -0.15) is 0 Å². The number of hydrogen-bond acceptors (Lipinski definition) is 17. The van der Waals surface area contributed by atoms with Crippen molar-refractivity contribution in [1.29, 1.82) is 0 Å². The number of amides is 9. The summed E-state index contributed by atoms with van der Waals surface area (Å²) in [6.45, 7) is 5.72. The lowest BCUT2D eigenvalue weighted by molar-refractivity contribution is -0.136. The highest BCUT2D eigenvalue weighted by Crippen LogP contribution is 2.37. The van der Waals surface area contributed by atoms with Crippen LogP contribution in [0.5, 0.6) is 0 Å². The van der Waals surface area contributed by atoms with Crippen LogP contribution in [0.2, 0.25) is 0 Å². The fourth-order valence-corrected chi connectivity index (χ4v) is 5.38. The minimum atomic E-state index is -5.32. The van der Waals surface area contributed by atoms with E-state index in [0.29, 0.717) is 0 Å². The van der Waals surface area contributed by atoms with E-state index in [1.807, 2.05) is 5.32 Å². The fraction of sp³-hybridized carbons (Fsp3) is 0.677. The van der Waals surface area contributed by atoms with Crippen LogP contribution in [0.3, 0.4) is 0 Å². The predicted octanol–water partition coefficient (Wildman–Crippen LogP) is -7.27. The van der Waals surface area contributed by atoms with Crippen molar-refractivity contribution in [3.05, 3.63) is 0 Å². The molecule has 0 saturated carbocycles. The number of nitrogens with one attached hydrogen (secondary N) is 9. The van der Waals surface area contributed by atoms with Crippen LogP contribution in [-0.4, -0.2) is 169 Å². The highest BCUT2D eigenvalue weighted by Gasteiger charge is 2.34. The van der Waals surface area contributed by atoms with Crippen LogP contribution in [0.25, 0.3) is 0 Å². The van der Waals surface area contributed by atoms with Crippen LogP contribution in [0, 0.1) is 0 Å². The lowest BCUT2D eigenvalue weighted by atomic mass is 10.2. The highest BCUT2D eigenvalue weighted by molar-refractivity contribution is 7.46. The molecule has 9 amide bonds. The summed E-state index contributed by atoms with van der Waals surface area (Å²) in [7, 11) is -15.7. The van der Waals surface area contributed by atoms with E-state index in [1.165, 1.54) is 20.8 Å². The Kier molecular flexibility index (Phi) is 25.1. The standard InChI is InChI=1S/C31H57N10O22P3/c1-12(32)23(43)34-16(5)26(46)40-21(10-62-65(55,56)57)30(50)37-14(3)25(45)36-18(7)28(48)41-22(11-63-66(58,59)60)31(51)38-15(4)24(44)35-17(6)27(47)39-20(9-61-64(52,53)54)29(49)33-13(2)19(8)42/h12-18,20-22H,9-11,32H2,1-8H3,(H,33,49)(H,34,43)(H,35,44)(H,36,45)(H,37,50)(H,38,51)(H,39,47)(H,40,46)(H,41,48)(H2,52,53,54)(H2,55,56,57)(H2,58,59,60)/t12-,13-,14-,15-,16-,17-,18-,20-,21-,22-/m0/s1. The van der Waals surface area contributed by atoms with Crippen LogP contribution in [0.4, 0.5) is 0 Å². The van der Waals surface area contributed by atoms with Gasteiger partial charge >= 0.3 is 23.5 Å². The quantitative estimate of drug-likeness (QED) is 0.0324. The average molecular weight is 1010 g/mol. The third-order valence-corrected chi connectivity index (χ3v) is 9.73. The molecule has 35 heteroatoms. The third-order valence-electron chi connectivity index (χ3n) is 8.27. The van der Waals surface area contributed by atoms with E-state index in [1.54, 1.807) is 0 Å². The van der Waals surface area contributed by atoms with Crippen molar-refractivity contribution in [3.63, 3.8) is 0 Å². The molecule has 0 aromatic rings. The summed E-state index contributed by atoms with van der Waals surface area (Å²) >= 11 is 0. The monoisotopic (exact) mass is 1010 g/mol. The Hall–Kier alpha value is -4.81. The molecule has 32 nitrogen and oxygen atoms in total. The van der Waals surface area contributed by atoms with Gasteiger partial charge in [-0.15, -0.1) is 0 Å². The topological polar surface area (TPSA) is 505 Å². The Balaban J connectivity index is 5.84. The van der Waals surface area contributed by atoms with Crippen LogP contribution >= 0.6 is 23.5 Å². The molecule has 0 spiro atoms. The molecule has 0 radical (unpaired) electrons. The van der Waals surface area contributed by atoms with E-state index >= 15 is 0 Å². The lowest BCUT2D eigenvalue weighted by Gasteiger charge is -2.25. The second kappa shape index (κ2) is 27.1. The molecule has 17 N–H and O–H groups in total. The zero-order valence-corrected chi connectivity index (χ0v) is 39.2. The first-order chi connectivity index (χ1) is 29.9. The largest absolute Gasteiger partial charge is 0.469 e. The molecule has 0 aliphatic carbocycles. The van der Waals surface area contributed by atoms with Crippen LogP contribution in [0.15, 0.2) is 0 Å². The number of carbonyl (C=O) groups excluding carboxylic acids is 10. The van der Waals surface area contributed by atoms with Gasteiger partial charge in [-0.25, -0.2) is 13.7 Å². The molecule has 10 atom stereocenters. The van der Waals surface area contributed by atoms with Gasteiger partial charge < -0.3 is 82.9 Å². The molecule has 0 aromatic heterocycles. The van der Waals surface area contributed by atoms with Gasteiger partial charge in [-0.3, -0.25) is 61.5 Å². The summed E-state index contributed by atoms with van der Waals surface area (Å²) in [5.41, 5.74) is 5.44. The second-order valence-corrected chi connectivity index (χ2v) is 18.0. The summed E-state index contributed by atoms with van der Waals surface area (Å²) in [6, 6.07) is -15.5. The van der Waals surface area contributed by atoms with Gasteiger partial charge in [-0.1, -0.05) is 0 Å². The van der Waals surface area contributed by atoms with Gasteiger partial charge in [0.1, 0.15) is 48.3 Å². The minimum absolute atomic E-state index is 0.515. The van der Waals surface area contributed by atoms with E-state index < -0.39 is 163 Å². The lowest BCUT2D eigenvalue weighted by Crippen LogP contribution is -2.60. The molecule has 0 aromatic carbocycles. The molecule has 0 heterocycles. The maximum Gasteiger partial charge on any atom is 0.469 e. The molecule has 378 valence electrons. The third kappa shape index (κ3) is 25.2. The number of ketones is 1. The minimum Gasteiger partial charge on any atom is -0.345 e. The highest BCUT2D eigenvalue weighted by atomic mass is 31.2. The number of phosphoric acid groups is 3. The Morgan fingerprint density at radius 2 is 0.576 bits per heavy atom. The maximum absolute atomic E-state index is 13.2. The molecule has 0 fully saturated rings. The Labute approximate surface area is 375 Å². The second-order valence-electron chi connectivity index (χ2n) is 14.3. The zero-order valence-electron chi connectivity index (χ0n) is 36.5. The summed E-state index contributed by atoms with van der Waals surface area (Å²) in [4.78, 5) is 181. The molecule has 0 aliphatic rings. The number of phosphoric ester groups is 3. The molecule has 0 aliphatic heterocycles.